The number of aromatic nitrogens is 2. The van der Waals surface area contributed by atoms with Crippen LogP contribution in [0.3, 0.4) is 0 Å². The van der Waals surface area contributed by atoms with Crippen molar-refractivity contribution in [3.8, 4) is 23.5 Å². The van der Waals surface area contributed by atoms with Crippen molar-refractivity contribution in [1.29, 1.82) is 0 Å². The molecule has 1 aromatic heterocycles. The maximum atomic E-state index is 5.48. The fourth-order valence-electron chi connectivity index (χ4n) is 1.62. The highest BCUT2D eigenvalue weighted by molar-refractivity contribution is 5.28. The molecule has 0 aliphatic rings. The summed E-state index contributed by atoms with van der Waals surface area (Å²) in [7, 11) is 3.04. The maximum absolute atomic E-state index is 5.48. The summed E-state index contributed by atoms with van der Waals surface area (Å²) in [4.78, 5) is 8.12. The van der Waals surface area contributed by atoms with E-state index in [0.29, 0.717) is 17.5 Å². The van der Waals surface area contributed by atoms with Crippen LogP contribution in [-0.4, -0.2) is 24.2 Å². The van der Waals surface area contributed by atoms with E-state index in [1.54, 1.807) is 6.07 Å². The molecular formula is C18H18N2O3. The van der Waals surface area contributed by atoms with Crippen LogP contribution in [-0.2, 0) is 0 Å². The number of nitrogens with zero attached hydrogens (tertiary/aromatic N) is 2. The average molecular weight is 310 g/mol. The van der Waals surface area contributed by atoms with Crippen LogP contribution in [0, 0.1) is 0 Å². The lowest BCUT2D eigenvalue weighted by molar-refractivity contribution is 0.348. The van der Waals surface area contributed by atoms with Gasteiger partial charge >= 0.3 is 6.01 Å². The molecule has 0 amide bonds. The van der Waals surface area contributed by atoms with Crippen molar-refractivity contribution in [3.63, 3.8) is 0 Å². The van der Waals surface area contributed by atoms with Gasteiger partial charge in [-0.25, -0.2) is 0 Å². The van der Waals surface area contributed by atoms with Crippen molar-refractivity contribution >= 4 is 0 Å². The van der Waals surface area contributed by atoms with E-state index in [1.807, 2.05) is 66.7 Å². The van der Waals surface area contributed by atoms with Crippen molar-refractivity contribution < 1.29 is 14.2 Å². The van der Waals surface area contributed by atoms with Gasteiger partial charge in [0.25, 0.3) is 0 Å². The molecule has 0 fully saturated rings. The summed E-state index contributed by atoms with van der Waals surface area (Å²) < 4.78 is 15.5. The van der Waals surface area contributed by atoms with Crippen molar-refractivity contribution in [1.82, 2.24) is 9.97 Å². The van der Waals surface area contributed by atoms with E-state index in [-0.39, 0.29) is 6.01 Å². The van der Waals surface area contributed by atoms with Gasteiger partial charge in [-0.15, -0.1) is 0 Å². The van der Waals surface area contributed by atoms with Crippen LogP contribution in [0.25, 0.3) is 0 Å². The molecule has 23 heavy (non-hydrogen) atoms. The lowest BCUT2D eigenvalue weighted by atomic mass is 10.3. The van der Waals surface area contributed by atoms with Crippen LogP contribution >= 0.6 is 0 Å². The monoisotopic (exact) mass is 310 g/mol. The standard InChI is InChI=1S/C12H12N2O3.C6H6/c1-15-10-8-11(16-2)14-12(13-10)17-9-6-4-3-5-7-9;1-2-4-6-5-3-1/h3-8H,1-2H3;1-6H. The first kappa shape index (κ1) is 16.3. The first-order valence-corrected chi connectivity index (χ1v) is 7.02. The van der Waals surface area contributed by atoms with Crippen LogP contribution in [0.15, 0.2) is 72.8 Å². The normalized spacial score (nSPS) is 9.30. The molecule has 1 heterocycles. The predicted molar refractivity (Wildman–Crippen MR) is 88.1 cm³/mol. The minimum atomic E-state index is 0.187. The largest absolute Gasteiger partial charge is 0.481 e. The molecule has 3 aromatic rings. The second-order valence-corrected chi connectivity index (χ2v) is 4.31. The third-order valence-corrected chi connectivity index (χ3v) is 2.70. The minimum absolute atomic E-state index is 0.187. The van der Waals surface area contributed by atoms with Gasteiger partial charge in [0, 0.05) is 0 Å². The van der Waals surface area contributed by atoms with Crippen molar-refractivity contribution in [3.05, 3.63) is 72.8 Å². The van der Waals surface area contributed by atoms with Crippen LogP contribution in [0.2, 0.25) is 0 Å². The summed E-state index contributed by atoms with van der Waals surface area (Å²) in [5, 5.41) is 0. The van der Waals surface area contributed by atoms with Crippen molar-refractivity contribution in [2.75, 3.05) is 14.2 Å². The Morgan fingerprint density at radius 1 is 0.652 bits per heavy atom. The Balaban J connectivity index is 0.000000268. The lowest BCUT2D eigenvalue weighted by Crippen LogP contribution is -1.97. The highest BCUT2D eigenvalue weighted by Crippen LogP contribution is 2.23. The Morgan fingerprint density at radius 2 is 1.09 bits per heavy atom. The smallest absolute Gasteiger partial charge is 0.328 e. The Bertz CT molecular complexity index is 642. The molecule has 0 aliphatic heterocycles. The molecule has 5 heteroatoms. The molecule has 0 radical (unpaired) electrons. The zero-order valence-corrected chi connectivity index (χ0v) is 13.0. The Labute approximate surface area is 135 Å². The number of hydrogen-bond acceptors (Lipinski definition) is 5. The third kappa shape index (κ3) is 5.67. The van der Waals surface area contributed by atoms with Crippen LogP contribution in [0.5, 0.6) is 23.5 Å². The summed E-state index contributed by atoms with van der Waals surface area (Å²) in [6.07, 6.45) is 0. The summed E-state index contributed by atoms with van der Waals surface area (Å²) >= 11 is 0. The van der Waals surface area contributed by atoms with E-state index >= 15 is 0 Å². The molecule has 0 saturated carbocycles. The van der Waals surface area contributed by atoms with E-state index in [0.717, 1.165) is 0 Å². The molecule has 5 nitrogen and oxygen atoms in total. The van der Waals surface area contributed by atoms with Gasteiger partial charge in [-0.2, -0.15) is 9.97 Å². The molecule has 0 aliphatic carbocycles. The van der Waals surface area contributed by atoms with Crippen molar-refractivity contribution in [2.24, 2.45) is 0 Å². The first-order chi connectivity index (χ1) is 11.3. The Hall–Kier alpha value is -3.08. The number of rotatable bonds is 4. The van der Waals surface area contributed by atoms with E-state index in [1.165, 1.54) is 14.2 Å². The number of benzene rings is 2. The van der Waals surface area contributed by atoms with Crippen LogP contribution < -0.4 is 14.2 Å². The second-order valence-electron chi connectivity index (χ2n) is 4.31. The zero-order valence-electron chi connectivity index (χ0n) is 13.0. The summed E-state index contributed by atoms with van der Waals surface area (Å²) in [5.74, 6) is 1.44. The number of hydrogen-bond donors (Lipinski definition) is 0. The van der Waals surface area contributed by atoms with Gasteiger partial charge in [0.1, 0.15) is 5.75 Å². The van der Waals surface area contributed by atoms with E-state index in [2.05, 4.69) is 9.97 Å². The van der Waals surface area contributed by atoms with Gasteiger partial charge in [-0.1, -0.05) is 54.6 Å². The van der Waals surface area contributed by atoms with Crippen molar-refractivity contribution in [2.45, 2.75) is 0 Å². The first-order valence-electron chi connectivity index (χ1n) is 7.02. The van der Waals surface area contributed by atoms with E-state index in [4.69, 9.17) is 14.2 Å². The van der Waals surface area contributed by atoms with Crippen LogP contribution in [0.4, 0.5) is 0 Å². The molecule has 2 aromatic carbocycles. The summed E-state index contributed by atoms with van der Waals surface area (Å²) in [6, 6.07) is 23.0. The Kier molecular flexibility index (Phi) is 6.41. The highest BCUT2D eigenvalue weighted by atomic mass is 16.5. The molecule has 3 rings (SSSR count). The van der Waals surface area contributed by atoms with E-state index in [9.17, 15) is 0 Å². The average Bonchev–Trinajstić information content (AvgIpc) is 2.64. The highest BCUT2D eigenvalue weighted by Gasteiger charge is 2.07. The maximum Gasteiger partial charge on any atom is 0.328 e. The molecule has 0 spiro atoms. The summed E-state index contributed by atoms with van der Waals surface area (Å²) in [5.41, 5.74) is 0. The Morgan fingerprint density at radius 3 is 1.52 bits per heavy atom. The van der Waals surface area contributed by atoms with Crippen LogP contribution in [0.1, 0.15) is 0 Å². The fraction of sp³-hybridized carbons (Fsp3) is 0.111. The van der Waals surface area contributed by atoms with Gasteiger partial charge in [-0.3, -0.25) is 0 Å². The number of methoxy groups -OCH3 is 2. The molecular weight excluding hydrogens is 292 g/mol. The zero-order chi connectivity index (χ0) is 16.3. The predicted octanol–water partition coefficient (Wildman–Crippen LogP) is 3.97. The van der Waals surface area contributed by atoms with Gasteiger partial charge < -0.3 is 14.2 Å². The van der Waals surface area contributed by atoms with E-state index < -0.39 is 0 Å². The second kappa shape index (κ2) is 9.04. The fourth-order valence-corrected chi connectivity index (χ4v) is 1.62. The third-order valence-electron chi connectivity index (χ3n) is 2.70. The van der Waals surface area contributed by atoms with Gasteiger partial charge in [0.15, 0.2) is 0 Å². The SMILES string of the molecule is COc1cc(OC)nc(Oc2ccccc2)n1.c1ccccc1. The molecule has 0 atom stereocenters. The quantitative estimate of drug-likeness (QED) is 0.729. The molecule has 118 valence electrons. The number of para-hydroxylation sites is 1. The summed E-state index contributed by atoms with van der Waals surface area (Å²) in [6.45, 7) is 0. The molecule has 0 bridgehead atoms. The minimum Gasteiger partial charge on any atom is -0.481 e. The van der Waals surface area contributed by atoms with Gasteiger partial charge in [0.05, 0.1) is 20.3 Å². The number of ether oxygens (including phenoxy) is 3. The van der Waals surface area contributed by atoms with Gasteiger partial charge in [0.2, 0.25) is 11.8 Å². The van der Waals surface area contributed by atoms with Gasteiger partial charge in [-0.05, 0) is 12.1 Å². The molecule has 0 saturated heterocycles. The molecule has 0 unspecified atom stereocenters. The topological polar surface area (TPSA) is 53.5 Å². The lowest BCUT2D eigenvalue weighted by Gasteiger charge is -2.07. The molecule has 0 N–H and O–H groups in total.